The van der Waals surface area contributed by atoms with Crippen molar-refractivity contribution in [1.29, 1.82) is 0 Å². The molecule has 0 aliphatic rings. The Morgan fingerprint density at radius 1 is 1.27 bits per heavy atom. The monoisotopic (exact) mass is 435 g/mol. The van der Waals surface area contributed by atoms with Crippen LogP contribution in [0.5, 0.6) is 5.75 Å². The van der Waals surface area contributed by atoms with E-state index in [4.69, 9.17) is 16.3 Å². The van der Waals surface area contributed by atoms with E-state index in [0.29, 0.717) is 11.4 Å². The predicted octanol–water partition coefficient (Wildman–Crippen LogP) is 5.33. The summed E-state index contributed by atoms with van der Waals surface area (Å²) in [6.45, 7) is 5.05. The highest BCUT2D eigenvalue weighted by Gasteiger charge is 2.31. The minimum absolute atomic E-state index is 0.101. The second kappa shape index (κ2) is 8.44. The third-order valence-corrected chi connectivity index (χ3v) is 5.15. The zero-order valence-corrected chi connectivity index (χ0v) is 17.4. The molecule has 0 fully saturated rings. The molecule has 30 heavy (non-hydrogen) atoms. The number of esters is 1. The highest BCUT2D eigenvalue weighted by Crippen LogP contribution is 2.39. The molecule has 158 valence electrons. The molecule has 0 saturated carbocycles. The van der Waals surface area contributed by atoms with E-state index in [2.05, 4.69) is 0 Å². The van der Waals surface area contributed by atoms with Crippen LogP contribution in [0.4, 0.5) is 8.78 Å². The van der Waals surface area contributed by atoms with Crippen molar-refractivity contribution in [3.05, 3.63) is 63.8 Å². The Morgan fingerprint density at radius 3 is 2.60 bits per heavy atom. The quantitative estimate of drug-likeness (QED) is 0.550. The number of fused-ring (bicyclic) bond motifs is 1. The van der Waals surface area contributed by atoms with Gasteiger partial charge in [0.25, 0.3) is 5.91 Å². The van der Waals surface area contributed by atoms with Crippen LogP contribution in [0.3, 0.4) is 0 Å². The standard InChI is InChI=1S/C22H20ClF2NO4/c1-4-8-30-22(29)11(2)17-12(3)26(21(28)13-6-5-7-14(23)9-13)16-10-15(24)20(27)19(25)18(16)17/h5-7,9-11,27H,4,8H2,1-3H3/t11-/m1/s1. The van der Waals surface area contributed by atoms with E-state index in [9.17, 15) is 23.5 Å². The van der Waals surface area contributed by atoms with Gasteiger partial charge in [-0.3, -0.25) is 14.2 Å². The van der Waals surface area contributed by atoms with E-state index in [-0.39, 0.29) is 34.3 Å². The SMILES string of the molecule is CCCOC(=O)[C@H](C)c1c(C)n(C(=O)c2cccc(Cl)c2)c2cc(F)c(O)c(F)c12. The van der Waals surface area contributed by atoms with Crippen LogP contribution in [0.1, 0.15) is 47.8 Å². The smallest absolute Gasteiger partial charge is 0.313 e. The molecule has 3 aromatic rings. The van der Waals surface area contributed by atoms with E-state index >= 15 is 0 Å². The average Bonchev–Trinajstić information content (AvgIpc) is 3.00. The Kier molecular flexibility index (Phi) is 6.12. The van der Waals surface area contributed by atoms with Gasteiger partial charge in [0.2, 0.25) is 0 Å². The van der Waals surface area contributed by atoms with E-state index < -0.39 is 35.2 Å². The highest BCUT2D eigenvalue weighted by atomic mass is 35.5. The number of aromatic hydroxyl groups is 1. The van der Waals surface area contributed by atoms with E-state index in [1.807, 2.05) is 6.92 Å². The number of aromatic nitrogens is 1. The summed E-state index contributed by atoms with van der Waals surface area (Å²) in [5.41, 5.74) is 0.480. The molecule has 0 aliphatic carbocycles. The fraction of sp³-hybridized carbons (Fsp3) is 0.273. The maximum atomic E-state index is 14.9. The lowest BCUT2D eigenvalue weighted by Gasteiger charge is -2.13. The number of rotatable bonds is 5. The van der Waals surface area contributed by atoms with Crippen molar-refractivity contribution in [2.45, 2.75) is 33.1 Å². The van der Waals surface area contributed by atoms with Crippen LogP contribution in [-0.4, -0.2) is 28.2 Å². The number of phenols is 1. The molecule has 0 bridgehead atoms. The number of hydrogen-bond acceptors (Lipinski definition) is 4. The lowest BCUT2D eigenvalue weighted by Crippen LogP contribution is -2.17. The van der Waals surface area contributed by atoms with Gasteiger partial charge in [-0.25, -0.2) is 8.78 Å². The van der Waals surface area contributed by atoms with Gasteiger partial charge in [-0.05, 0) is 44.0 Å². The second-order valence-corrected chi connectivity index (χ2v) is 7.39. The van der Waals surface area contributed by atoms with Crippen LogP contribution < -0.4 is 0 Å². The molecule has 2 aromatic carbocycles. The predicted molar refractivity (Wildman–Crippen MR) is 109 cm³/mol. The van der Waals surface area contributed by atoms with Crippen molar-refractivity contribution in [3.63, 3.8) is 0 Å². The van der Waals surface area contributed by atoms with E-state index in [1.54, 1.807) is 12.1 Å². The molecule has 3 rings (SSSR count). The fourth-order valence-electron chi connectivity index (χ4n) is 3.50. The lowest BCUT2D eigenvalue weighted by molar-refractivity contribution is -0.145. The first-order valence-corrected chi connectivity index (χ1v) is 9.75. The van der Waals surface area contributed by atoms with Crippen LogP contribution >= 0.6 is 11.6 Å². The largest absolute Gasteiger partial charge is 0.503 e. The molecule has 1 heterocycles. The molecule has 1 aromatic heterocycles. The van der Waals surface area contributed by atoms with Crippen LogP contribution in [0.25, 0.3) is 10.9 Å². The van der Waals surface area contributed by atoms with Gasteiger partial charge in [0.1, 0.15) is 0 Å². The Bertz CT molecular complexity index is 1160. The minimum atomic E-state index is -1.24. The van der Waals surface area contributed by atoms with Crippen molar-refractivity contribution >= 4 is 34.4 Å². The Hall–Kier alpha value is -2.93. The number of carbonyl (C=O) groups excluding carboxylic acids is 2. The van der Waals surface area contributed by atoms with Gasteiger partial charge >= 0.3 is 5.97 Å². The third-order valence-electron chi connectivity index (χ3n) is 4.92. The molecule has 0 unspecified atom stereocenters. The lowest BCUT2D eigenvalue weighted by atomic mass is 9.97. The van der Waals surface area contributed by atoms with Gasteiger partial charge < -0.3 is 9.84 Å². The highest BCUT2D eigenvalue weighted by molar-refractivity contribution is 6.31. The minimum Gasteiger partial charge on any atom is -0.503 e. The number of hydrogen-bond donors (Lipinski definition) is 1. The molecule has 1 N–H and O–H groups in total. The molecule has 0 aliphatic heterocycles. The van der Waals surface area contributed by atoms with Crippen molar-refractivity contribution in [3.8, 4) is 5.75 Å². The first-order chi connectivity index (χ1) is 14.2. The maximum absolute atomic E-state index is 14.9. The van der Waals surface area contributed by atoms with Gasteiger partial charge in [-0.1, -0.05) is 24.6 Å². The summed E-state index contributed by atoms with van der Waals surface area (Å²) in [6, 6.07) is 6.99. The summed E-state index contributed by atoms with van der Waals surface area (Å²) < 4.78 is 35.4. The average molecular weight is 436 g/mol. The number of halogens is 3. The fourth-order valence-corrected chi connectivity index (χ4v) is 3.69. The Balaban J connectivity index is 2.30. The Labute approximate surface area is 176 Å². The summed E-state index contributed by atoms with van der Waals surface area (Å²) >= 11 is 5.98. The van der Waals surface area contributed by atoms with Crippen molar-refractivity contribution in [2.24, 2.45) is 0 Å². The zero-order valence-electron chi connectivity index (χ0n) is 16.6. The molecular weight excluding hydrogens is 416 g/mol. The Morgan fingerprint density at radius 2 is 1.97 bits per heavy atom. The third kappa shape index (κ3) is 3.65. The van der Waals surface area contributed by atoms with Crippen LogP contribution in [0, 0.1) is 18.6 Å². The first-order valence-electron chi connectivity index (χ1n) is 9.37. The van der Waals surface area contributed by atoms with Crippen LogP contribution in [0.15, 0.2) is 30.3 Å². The molecule has 0 amide bonds. The zero-order chi connectivity index (χ0) is 22.2. The summed E-state index contributed by atoms with van der Waals surface area (Å²) in [7, 11) is 0. The van der Waals surface area contributed by atoms with Crippen molar-refractivity contribution < 1.29 is 28.2 Å². The summed E-state index contributed by atoms with van der Waals surface area (Å²) in [5, 5.41) is 9.92. The molecule has 1 atom stereocenters. The number of phenolic OH excluding ortho intramolecular Hbond substituents is 1. The molecule has 0 radical (unpaired) electrons. The van der Waals surface area contributed by atoms with E-state index in [0.717, 1.165) is 10.6 Å². The van der Waals surface area contributed by atoms with Gasteiger partial charge in [0, 0.05) is 27.7 Å². The number of carbonyl (C=O) groups is 2. The van der Waals surface area contributed by atoms with Crippen molar-refractivity contribution in [1.82, 2.24) is 4.57 Å². The summed E-state index contributed by atoms with van der Waals surface area (Å²) in [6.07, 6.45) is 0.604. The van der Waals surface area contributed by atoms with Gasteiger partial charge in [0.15, 0.2) is 17.4 Å². The topological polar surface area (TPSA) is 68.5 Å². The summed E-state index contributed by atoms with van der Waals surface area (Å²) in [5.74, 6) is -5.78. The number of ether oxygens (including phenoxy) is 1. The van der Waals surface area contributed by atoms with Crippen LogP contribution in [-0.2, 0) is 9.53 Å². The van der Waals surface area contributed by atoms with Gasteiger partial charge in [-0.2, -0.15) is 0 Å². The summed E-state index contributed by atoms with van der Waals surface area (Å²) in [4.78, 5) is 25.7. The molecule has 0 spiro atoms. The van der Waals surface area contributed by atoms with Crippen molar-refractivity contribution in [2.75, 3.05) is 6.61 Å². The van der Waals surface area contributed by atoms with E-state index in [1.165, 1.54) is 26.0 Å². The van der Waals surface area contributed by atoms with Gasteiger partial charge in [0.05, 0.1) is 18.0 Å². The molecule has 5 nitrogen and oxygen atoms in total. The van der Waals surface area contributed by atoms with Gasteiger partial charge in [-0.15, -0.1) is 0 Å². The normalized spacial score (nSPS) is 12.2. The second-order valence-electron chi connectivity index (χ2n) is 6.95. The van der Waals surface area contributed by atoms with Crippen LogP contribution in [0.2, 0.25) is 5.02 Å². The number of benzene rings is 2. The molecule has 0 saturated heterocycles. The first kappa shape index (κ1) is 21.8. The number of nitrogens with zero attached hydrogens (tertiary/aromatic N) is 1. The maximum Gasteiger partial charge on any atom is 0.313 e. The molecule has 8 heteroatoms. The molecular formula is C22H20ClF2NO4.